The average molecular weight is 198 g/mol. The third-order valence-corrected chi connectivity index (χ3v) is 1.84. The molecule has 0 aliphatic carbocycles. The summed E-state index contributed by atoms with van der Waals surface area (Å²) in [6.45, 7) is 2.63. The van der Waals surface area contributed by atoms with E-state index in [1.165, 1.54) is 0 Å². The molecule has 1 heterocycles. The molecule has 0 saturated heterocycles. The lowest BCUT2D eigenvalue weighted by Gasteiger charge is -2.01. The number of nitrogens with zero attached hydrogens (tertiary/aromatic N) is 4. The molecule has 14 heavy (non-hydrogen) atoms. The molecule has 0 fully saturated rings. The van der Waals surface area contributed by atoms with Gasteiger partial charge < -0.3 is 5.11 Å². The number of hydrogen-bond donors (Lipinski definition) is 1. The van der Waals surface area contributed by atoms with Crippen molar-refractivity contribution in [2.75, 3.05) is 0 Å². The predicted molar refractivity (Wildman–Crippen MR) is 48.7 cm³/mol. The predicted octanol–water partition coefficient (Wildman–Crippen LogP) is 0.490. The summed E-state index contributed by atoms with van der Waals surface area (Å²) in [6, 6.07) is 0. The summed E-state index contributed by atoms with van der Waals surface area (Å²) in [7, 11) is 0. The van der Waals surface area contributed by atoms with Gasteiger partial charge in [-0.1, -0.05) is 6.92 Å². The molecule has 1 rings (SSSR count). The smallest absolute Gasteiger partial charge is 0.303 e. The standard InChI is InChI=1S/C8H14N4O2/c1-2-4-7-9-10-11-12(7)6-3-5-8(13)14/h2-6H2,1H3,(H,13,14). The number of aromatic nitrogens is 4. The Morgan fingerprint density at radius 3 is 3.00 bits per heavy atom. The van der Waals surface area contributed by atoms with Gasteiger partial charge in [0.05, 0.1) is 0 Å². The van der Waals surface area contributed by atoms with E-state index in [-0.39, 0.29) is 6.42 Å². The first-order valence-electron chi connectivity index (χ1n) is 4.71. The topological polar surface area (TPSA) is 80.9 Å². The molecule has 0 aliphatic rings. The Balaban J connectivity index is 2.41. The van der Waals surface area contributed by atoms with E-state index in [9.17, 15) is 4.79 Å². The minimum absolute atomic E-state index is 0.158. The van der Waals surface area contributed by atoms with E-state index in [1.807, 2.05) is 0 Å². The van der Waals surface area contributed by atoms with Crippen LogP contribution >= 0.6 is 0 Å². The van der Waals surface area contributed by atoms with Crippen molar-refractivity contribution in [2.24, 2.45) is 0 Å². The van der Waals surface area contributed by atoms with Crippen molar-refractivity contribution in [1.29, 1.82) is 0 Å². The van der Waals surface area contributed by atoms with E-state index in [0.717, 1.165) is 18.7 Å². The first kappa shape index (κ1) is 10.6. The number of hydrogen-bond acceptors (Lipinski definition) is 4. The molecular weight excluding hydrogens is 184 g/mol. The summed E-state index contributed by atoms with van der Waals surface area (Å²) in [5, 5.41) is 19.7. The molecule has 1 aromatic heterocycles. The number of aliphatic carboxylic acids is 1. The normalized spacial score (nSPS) is 10.4. The van der Waals surface area contributed by atoms with Gasteiger partial charge >= 0.3 is 5.97 Å². The Morgan fingerprint density at radius 1 is 1.57 bits per heavy atom. The summed E-state index contributed by atoms with van der Waals surface area (Å²) in [6.07, 6.45) is 2.54. The van der Waals surface area contributed by atoms with Crippen LogP contribution in [0.3, 0.4) is 0 Å². The van der Waals surface area contributed by atoms with Crippen LogP contribution in [0.15, 0.2) is 0 Å². The molecule has 0 amide bonds. The van der Waals surface area contributed by atoms with Gasteiger partial charge in [0.25, 0.3) is 0 Å². The Kier molecular flexibility index (Phi) is 4.03. The fourth-order valence-corrected chi connectivity index (χ4v) is 1.18. The summed E-state index contributed by atoms with van der Waals surface area (Å²) in [5.41, 5.74) is 0. The van der Waals surface area contributed by atoms with Gasteiger partial charge in [0.2, 0.25) is 0 Å². The van der Waals surface area contributed by atoms with E-state index in [1.54, 1.807) is 4.68 Å². The molecule has 0 saturated carbocycles. The van der Waals surface area contributed by atoms with Crippen LogP contribution in [0.1, 0.15) is 32.0 Å². The molecule has 6 nitrogen and oxygen atoms in total. The van der Waals surface area contributed by atoms with Crippen molar-refractivity contribution in [3.8, 4) is 0 Å². The Bertz CT molecular complexity index is 297. The molecule has 0 aliphatic heterocycles. The summed E-state index contributed by atoms with van der Waals surface area (Å²) in [5.74, 6) is 0.0491. The SMILES string of the molecule is CCCc1nnnn1CCCC(=O)O. The second-order valence-corrected chi connectivity index (χ2v) is 3.07. The highest BCUT2D eigenvalue weighted by molar-refractivity contribution is 5.66. The Morgan fingerprint density at radius 2 is 2.36 bits per heavy atom. The molecule has 0 bridgehead atoms. The van der Waals surface area contributed by atoms with Crippen LogP contribution in [0.2, 0.25) is 0 Å². The highest BCUT2D eigenvalue weighted by Crippen LogP contribution is 2.00. The molecule has 0 radical (unpaired) electrons. The Labute approximate surface area is 81.9 Å². The maximum Gasteiger partial charge on any atom is 0.303 e. The summed E-state index contributed by atoms with van der Waals surface area (Å²) in [4.78, 5) is 10.3. The van der Waals surface area contributed by atoms with Crippen molar-refractivity contribution < 1.29 is 9.90 Å². The van der Waals surface area contributed by atoms with Gasteiger partial charge in [-0.05, 0) is 23.3 Å². The highest BCUT2D eigenvalue weighted by atomic mass is 16.4. The zero-order valence-electron chi connectivity index (χ0n) is 8.18. The van der Waals surface area contributed by atoms with Crippen LogP contribution in [0.4, 0.5) is 0 Å². The van der Waals surface area contributed by atoms with Crippen molar-refractivity contribution in [3.05, 3.63) is 5.82 Å². The first-order valence-corrected chi connectivity index (χ1v) is 4.71. The maximum absolute atomic E-state index is 10.3. The van der Waals surface area contributed by atoms with E-state index in [4.69, 9.17) is 5.11 Å². The maximum atomic E-state index is 10.3. The number of carboxylic acid groups (broad SMARTS) is 1. The number of rotatable bonds is 6. The minimum Gasteiger partial charge on any atom is -0.481 e. The van der Waals surface area contributed by atoms with Crippen LogP contribution in [0.25, 0.3) is 0 Å². The van der Waals surface area contributed by atoms with Crippen LogP contribution in [0.5, 0.6) is 0 Å². The van der Waals surface area contributed by atoms with Crippen molar-refractivity contribution in [1.82, 2.24) is 20.2 Å². The lowest BCUT2D eigenvalue weighted by Crippen LogP contribution is -2.07. The molecule has 6 heteroatoms. The largest absolute Gasteiger partial charge is 0.481 e. The van der Waals surface area contributed by atoms with Gasteiger partial charge in [0.15, 0.2) is 5.82 Å². The van der Waals surface area contributed by atoms with Crippen molar-refractivity contribution in [3.63, 3.8) is 0 Å². The third kappa shape index (κ3) is 3.12. The van der Waals surface area contributed by atoms with Gasteiger partial charge in [-0.15, -0.1) is 5.10 Å². The second kappa shape index (κ2) is 5.31. The van der Waals surface area contributed by atoms with Crippen LogP contribution < -0.4 is 0 Å². The van der Waals surface area contributed by atoms with Gasteiger partial charge in [-0.2, -0.15) is 0 Å². The molecule has 0 aromatic carbocycles. The van der Waals surface area contributed by atoms with Gasteiger partial charge in [-0.25, -0.2) is 4.68 Å². The second-order valence-electron chi connectivity index (χ2n) is 3.07. The quantitative estimate of drug-likeness (QED) is 0.719. The lowest BCUT2D eigenvalue weighted by molar-refractivity contribution is -0.137. The number of carbonyl (C=O) groups is 1. The van der Waals surface area contributed by atoms with E-state index < -0.39 is 5.97 Å². The fraction of sp³-hybridized carbons (Fsp3) is 0.750. The molecular formula is C8H14N4O2. The molecule has 0 unspecified atom stereocenters. The van der Waals surface area contributed by atoms with Crippen LogP contribution in [0, 0.1) is 0 Å². The number of aryl methyl sites for hydroxylation is 2. The average Bonchev–Trinajstić information content (AvgIpc) is 2.53. The summed E-state index contributed by atoms with van der Waals surface area (Å²) < 4.78 is 1.67. The highest BCUT2D eigenvalue weighted by Gasteiger charge is 2.05. The van der Waals surface area contributed by atoms with E-state index in [0.29, 0.717) is 13.0 Å². The minimum atomic E-state index is -0.782. The monoisotopic (exact) mass is 198 g/mol. The van der Waals surface area contributed by atoms with Gasteiger partial charge in [-0.3, -0.25) is 4.79 Å². The number of tetrazole rings is 1. The molecule has 0 spiro atoms. The van der Waals surface area contributed by atoms with Crippen LogP contribution in [-0.2, 0) is 17.8 Å². The van der Waals surface area contributed by atoms with Crippen molar-refractivity contribution >= 4 is 5.97 Å². The number of carboxylic acids is 1. The molecule has 0 atom stereocenters. The zero-order valence-corrected chi connectivity index (χ0v) is 8.18. The third-order valence-electron chi connectivity index (χ3n) is 1.84. The first-order chi connectivity index (χ1) is 6.74. The van der Waals surface area contributed by atoms with E-state index in [2.05, 4.69) is 22.4 Å². The summed E-state index contributed by atoms with van der Waals surface area (Å²) >= 11 is 0. The fourth-order valence-electron chi connectivity index (χ4n) is 1.18. The van der Waals surface area contributed by atoms with Crippen LogP contribution in [-0.4, -0.2) is 31.3 Å². The Hall–Kier alpha value is -1.46. The van der Waals surface area contributed by atoms with Gasteiger partial charge in [0, 0.05) is 19.4 Å². The molecule has 1 N–H and O–H groups in total. The lowest BCUT2D eigenvalue weighted by atomic mass is 10.3. The zero-order chi connectivity index (χ0) is 10.4. The van der Waals surface area contributed by atoms with E-state index >= 15 is 0 Å². The molecule has 78 valence electrons. The molecule has 1 aromatic rings. The van der Waals surface area contributed by atoms with Gasteiger partial charge in [0.1, 0.15) is 0 Å². The van der Waals surface area contributed by atoms with Crippen molar-refractivity contribution in [2.45, 2.75) is 39.2 Å².